The standard InChI is InChI=1S/C24H20F3N3O4/c1-15-11-18(34-29-15)14-33-22(31)10-8-19-23(32)30(13-16-5-3-2-4-6-16)21-9-7-17(24(25,26)27)12-20(21)28-19/h2-7,9,11-12H,8,10,13-14H2,1H3. The Morgan fingerprint density at radius 3 is 2.56 bits per heavy atom. The Kier molecular flexibility index (Phi) is 6.49. The van der Waals surface area contributed by atoms with E-state index in [9.17, 15) is 22.8 Å². The zero-order chi connectivity index (χ0) is 24.3. The molecule has 4 aromatic rings. The predicted octanol–water partition coefficient (Wildman–Crippen LogP) is 4.44. The van der Waals surface area contributed by atoms with Gasteiger partial charge in [-0.3, -0.25) is 9.59 Å². The van der Waals surface area contributed by atoms with Crippen molar-refractivity contribution in [2.75, 3.05) is 0 Å². The molecule has 0 spiro atoms. The summed E-state index contributed by atoms with van der Waals surface area (Å²) in [4.78, 5) is 29.5. The quantitative estimate of drug-likeness (QED) is 0.371. The van der Waals surface area contributed by atoms with E-state index in [0.29, 0.717) is 11.5 Å². The molecule has 0 radical (unpaired) electrons. The molecule has 0 atom stereocenters. The Morgan fingerprint density at radius 2 is 1.88 bits per heavy atom. The van der Waals surface area contributed by atoms with Gasteiger partial charge in [0.1, 0.15) is 5.69 Å². The Balaban J connectivity index is 1.62. The third-order valence-corrected chi connectivity index (χ3v) is 5.14. The van der Waals surface area contributed by atoms with Gasteiger partial charge in [-0.2, -0.15) is 13.2 Å². The average molecular weight is 471 g/mol. The maximum atomic E-state index is 13.3. The number of benzene rings is 2. The number of carbonyl (C=O) groups excluding carboxylic acids is 1. The summed E-state index contributed by atoms with van der Waals surface area (Å²) in [6, 6.07) is 13.7. The average Bonchev–Trinajstić information content (AvgIpc) is 3.23. The molecule has 7 nitrogen and oxygen atoms in total. The van der Waals surface area contributed by atoms with Crippen molar-refractivity contribution < 1.29 is 27.2 Å². The van der Waals surface area contributed by atoms with Crippen LogP contribution in [0.3, 0.4) is 0 Å². The highest BCUT2D eigenvalue weighted by Gasteiger charge is 2.31. The fraction of sp³-hybridized carbons (Fsp3) is 0.250. The van der Waals surface area contributed by atoms with Crippen LogP contribution in [-0.2, 0) is 35.3 Å². The zero-order valence-corrected chi connectivity index (χ0v) is 18.1. The first-order valence-corrected chi connectivity index (χ1v) is 10.4. The van der Waals surface area contributed by atoms with Crippen LogP contribution in [0.4, 0.5) is 13.2 Å². The number of aryl methyl sites for hydroxylation is 2. The number of aromatic nitrogens is 3. The Morgan fingerprint density at radius 1 is 1.12 bits per heavy atom. The van der Waals surface area contributed by atoms with Crippen LogP contribution in [0.5, 0.6) is 0 Å². The number of carbonyl (C=O) groups is 1. The molecule has 0 aliphatic carbocycles. The number of alkyl halides is 3. The van der Waals surface area contributed by atoms with Crippen molar-refractivity contribution in [3.05, 3.63) is 93.2 Å². The van der Waals surface area contributed by atoms with Gasteiger partial charge in [0.05, 0.1) is 35.3 Å². The van der Waals surface area contributed by atoms with E-state index < -0.39 is 23.3 Å². The van der Waals surface area contributed by atoms with E-state index in [0.717, 1.165) is 17.7 Å². The maximum absolute atomic E-state index is 13.3. The summed E-state index contributed by atoms with van der Waals surface area (Å²) in [5.74, 6) is -0.228. The van der Waals surface area contributed by atoms with Gasteiger partial charge >= 0.3 is 12.1 Å². The second kappa shape index (κ2) is 9.50. The van der Waals surface area contributed by atoms with E-state index in [1.54, 1.807) is 25.1 Å². The number of nitrogens with zero attached hydrogens (tertiary/aromatic N) is 3. The van der Waals surface area contributed by atoms with Gasteiger partial charge in [0.2, 0.25) is 0 Å². The summed E-state index contributed by atoms with van der Waals surface area (Å²) in [6.45, 7) is 1.76. The van der Waals surface area contributed by atoms with E-state index in [-0.39, 0.29) is 42.7 Å². The molecule has 0 aliphatic rings. The minimum absolute atomic E-state index is 0.0183. The fourth-order valence-electron chi connectivity index (χ4n) is 3.49. The Labute approximate surface area is 191 Å². The highest BCUT2D eigenvalue weighted by Crippen LogP contribution is 2.31. The molecule has 0 N–H and O–H groups in total. The monoisotopic (exact) mass is 471 g/mol. The lowest BCUT2D eigenvalue weighted by Gasteiger charge is -2.14. The lowest BCUT2D eigenvalue weighted by Crippen LogP contribution is -2.27. The SMILES string of the molecule is Cc1cc(COC(=O)CCc2nc3cc(C(F)(F)F)ccc3n(Cc3ccccc3)c2=O)on1. The van der Waals surface area contributed by atoms with Gasteiger partial charge in [0.25, 0.3) is 5.56 Å². The first-order chi connectivity index (χ1) is 16.2. The van der Waals surface area contributed by atoms with Crippen molar-refractivity contribution in [3.8, 4) is 0 Å². The highest BCUT2D eigenvalue weighted by molar-refractivity contribution is 5.76. The van der Waals surface area contributed by atoms with E-state index in [2.05, 4.69) is 10.1 Å². The van der Waals surface area contributed by atoms with Crippen molar-refractivity contribution in [3.63, 3.8) is 0 Å². The lowest BCUT2D eigenvalue weighted by atomic mass is 10.1. The fourth-order valence-corrected chi connectivity index (χ4v) is 3.49. The molecule has 2 aromatic carbocycles. The summed E-state index contributed by atoms with van der Waals surface area (Å²) in [5.41, 5.74) is 0.364. The molecule has 10 heteroatoms. The van der Waals surface area contributed by atoms with Gasteiger partial charge in [-0.15, -0.1) is 0 Å². The largest absolute Gasteiger partial charge is 0.457 e. The van der Waals surface area contributed by atoms with Crippen molar-refractivity contribution >= 4 is 17.0 Å². The minimum Gasteiger partial charge on any atom is -0.457 e. The van der Waals surface area contributed by atoms with Crippen LogP contribution in [0.2, 0.25) is 0 Å². The molecule has 4 rings (SSSR count). The summed E-state index contributed by atoms with van der Waals surface area (Å²) in [6.07, 6.45) is -4.82. The Hall–Kier alpha value is -3.95. The number of hydrogen-bond donors (Lipinski definition) is 0. The van der Waals surface area contributed by atoms with Crippen LogP contribution in [0, 0.1) is 6.92 Å². The molecule has 176 valence electrons. The molecule has 0 amide bonds. The van der Waals surface area contributed by atoms with Crippen LogP contribution >= 0.6 is 0 Å². The lowest BCUT2D eigenvalue weighted by molar-refractivity contribution is -0.145. The van der Waals surface area contributed by atoms with Gasteiger partial charge in [-0.25, -0.2) is 4.98 Å². The molecule has 0 aliphatic heterocycles. The molecule has 0 fully saturated rings. The zero-order valence-electron chi connectivity index (χ0n) is 18.1. The number of ether oxygens (including phenoxy) is 1. The van der Waals surface area contributed by atoms with E-state index in [1.807, 2.05) is 18.2 Å². The third kappa shape index (κ3) is 5.33. The van der Waals surface area contributed by atoms with Crippen LogP contribution in [0.1, 0.15) is 34.7 Å². The van der Waals surface area contributed by atoms with E-state index in [1.165, 1.54) is 10.6 Å². The smallest absolute Gasteiger partial charge is 0.416 e. The summed E-state index contributed by atoms with van der Waals surface area (Å²) < 4.78 is 51.2. The normalized spacial score (nSPS) is 11.6. The van der Waals surface area contributed by atoms with Crippen molar-refractivity contribution in [1.29, 1.82) is 0 Å². The third-order valence-electron chi connectivity index (χ3n) is 5.14. The van der Waals surface area contributed by atoms with Crippen LogP contribution < -0.4 is 5.56 Å². The van der Waals surface area contributed by atoms with Crippen LogP contribution in [0.15, 0.2) is 63.9 Å². The second-order valence-electron chi connectivity index (χ2n) is 7.73. The number of hydrogen-bond acceptors (Lipinski definition) is 6. The van der Waals surface area contributed by atoms with Crippen LogP contribution in [-0.4, -0.2) is 20.7 Å². The number of fused-ring (bicyclic) bond motifs is 1. The van der Waals surface area contributed by atoms with Crippen molar-refractivity contribution in [1.82, 2.24) is 14.7 Å². The van der Waals surface area contributed by atoms with E-state index >= 15 is 0 Å². The van der Waals surface area contributed by atoms with Crippen LogP contribution in [0.25, 0.3) is 11.0 Å². The second-order valence-corrected chi connectivity index (χ2v) is 7.73. The summed E-state index contributed by atoms with van der Waals surface area (Å²) >= 11 is 0. The van der Waals surface area contributed by atoms with Gasteiger partial charge < -0.3 is 13.8 Å². The molecular formula is C24H20F3N3O4. The van der Waals surface area contributed by atoms with Crippen molar-refractivity contribution in [2.24, 2.45) is 0 Å². The van der Waals surface area contributed by atoms with Gasteiger partial charge in [-0.05, 0) is 30.7 Å². The number of esters is 1. The van der Waals surface area contributed by atoms with Gasteiger partial charge in [0, 0.05) is 12.5 Å². The molecule has 2 aromatic heterocycles. The molecule has 2 heterocycles. The number of halogens is 3. The topological polar surface area (TPSA) is 87.2 Å². The maximum Gasteiger partial charge on any atom is 0.416 e. The predicted molar refractivity (Wildman–Crippen MR) is 116 cm³/mol. The summed E-state index contributed by atoms with van der Waals surface area (Å²) in [7, 11) is 0. The first-order valence-electron chi connectivity index (χ1n) is 10.4. The van der Waals surface area contributed by atoms with Gasteiger partial charge in [0.15, 0.2) is 12.4 Å². The molecule has 0 saturated carbocycles. The van der Waals surface area contributed by atoms with Gasteiger partial charge in [-0.1, -0.05) is 35.5 Å². The molecule has 0 bridgehead atoms. The number of rotatable bonds is 7. The Bertz CT molecular complexity index is 1380. The van der Waals surface area contributed by atoms with Crippen molar-refractivity contribution in [2.45, 2.75) is 39.1 Å². The molecule has 0 saturated heterocycles. The first kappa shape index (κ1) is 23.2. The minimum atomic E-state index is -4.56. The molecule has 34 heavy (non-hydrogen) atoms. The summed E-state index contributed by atoms with van der Waals surface area (Å²) in [5, 5.41) is 3.70. The molecule has 0 unspecified atom stereocenters. The highest BCUT2D eigenvalue weighted by atomic mass is 19.4. The molecular weight excluding hydrogens is 451 g/mol. The van der Waals surface area contributed by atoms with E-state index in [4.69, 9.17) is 9.26 Å².